The number of hydrogen-bond donors (Lipinski definition) is 2. The number of rotatable bonds is 3. The monoisotopic (exact) mass is 348 g/mol. The standard InChI is InChI=1S/C10H10Br2N2O2/c1-16-10-6(2-3-9(15)14-13)4-7(11)5-8(10)12/h2-5H,13H2,1H3,(H,14,15)/b3-2+. The van der Waals surface area contributed by atoms with E-state index in [9.17, 15) is 4.79 Å². The van der Waals surface area contributed by atoms with Gasteiger partial charge in [0, 0.05) is 16.1 Å². The molecule has 16 heavy (non-hydrogen) atoms. The lowest BCUT2D eigenvalue weighted by molar-refractivity contribution is -0.116. The van der Waals surface area contributed by atoms with Crippen molar-refractivity contribution >= 4 is 43.8 Å². The zero-order chi connectivity index (χ0) is 12.1. The highest BCUT2D eigenvalue weighted by molar-refractivity contribution is 9.11. The number of carbonyl (C=O) groups excluding carboxylic acids is 1. The van der Waals surface area contributed by atoms with Crippen LogP contribution in [0.1, 0.15) is 5.56 Å². The van der Waals surface area contributed by atoms with E-state index in [-0.39, 0.29) is 5.91 Å². The maximum absolute atomic E-state index is 11.0. The van der Waals surface area contributed by atoms with E-state index in [1.807, 2.05) is 17.6 Å². The van der Waals surface area contributed by atoms with Crippen LogP contribution in [0.25, 0.3) is 6.08 Å². The van der Waals surface area contributed by atoms with Gasteiger partial charge in [-0.1, -0.05) is 15.9 Å². The number of hydrogen-bond acceptors (Lipinski definition) is 3. The molecule has 4 nitrogen and oxygen atoms in total. The molecule has 0 aromatic heterocycles. The summed E-state index contributed by atoms with van der Waals surface area (Å²) >= 11 is 6.72. The van der Waals surface area contributed by atoms with Crippen molar-refractivity contribution in [2.75, 3.05) is 7.11 Å². The molecule has 86 valence electrons. The molecule has 0 saturated carbocycles. The maximum atomic E-state index is 11.0. The second kappa shape index (κ2) is 6.03. The number of halogens is 2. The number of ether oxygens (including phenoxy) is 1. The van der Waals surface area contributed by atoms with Gasteiger partial charge in [0.2, 0.25) is 0 Å². The molecule has 0 bridgehead atoms. The van der Waals surface area contributed by atoms with Crippen LogP contribution in [0, 0.1) is 0 Å². The second-order valence-electron chi connectivity index (χ2n) is 2.85. The summed E-state index contributed by atoms with van der Waals surface area (Å²) in [6.07, 6.45) is 2.95. The molecule has 6 heteroatoms. The van der Waals surface area contributed by atoms with Crippen LogP contribution >= 0.6 is 31.9 Å². The summed E-state index contributed by atoms with van der Waals surface area (Å²) in [5.41, 5.74) is 2.78. The van der Waals surface area contributed by atoms with Crippen molar-refractivity contribution in [1.82, 2.24) is 5.43 Å². The lowest BCUT2D eigenvalue weighted by atomic mass is 10.2. The Morgan fingerprint density at radius 3 is 2.75 bits per heavy atom. The van der Waals surface area contributed by atoms with Crippen LogP contribution in [0.2, 0.25) is 0 Å². The Hall–Kier alpha value is -0.850. The van der Waals surface area contributed by atoms with Gasteiger partial charge < -0.3 is 4.74 Å². The van der Waals surface area contributed by atoms with Crippen molar-refractivity contribution in [1.29, 1.82) is 0 Å². The predicted molar refractivity (Wildman–Crippen MR) is 69.8 cm³/mol. The molecule has 0 saturated heterocycles. The first-order valence-corrected chi connectivity index (χ1v) is 5.88. The topological polar surface area (TPSA) is 64.3 Å². The van der Waals surface area contributed by atoms with Crippen LogP contribution in [0.4, 0.5) is 0 Å². The molecule has 0 aliphatic carbocycles. The Bertz CT molecular complexity index is 433. The van der Waals surface area contributed by atoms with E-state index in [2.05, 4.69) is 31.9 Å². The molecule has 0 aliphatic rings. The Morgan fingerprint density at radius 2 is 2.19 bits per heavy atom. The smallest absolute Gasteiger partial charge is 0.257 e. The van der Waals surface area contributed by atoms with Gasteiger partial charge >= 0.3 is 0 Å². The molecule has 0 radical (unpaired) electrons. The Balaban J connectivity index is 3.11. The predicted octanol–water partition coefficient (Wildman–Crippen LogP) is 2.22. The van der Waals surface area contributed by atoms with Crippen LogP contribution in [-0.2, 0) is 4.79 Å². The third-order valence-electron chi connectivity index (χ3n) is 1.80. The van der Waals surface area contributed by atoms with E-state index in [0.717, 1.165) is 14.5 Å². The van der Waals surface area contributed by atoms with Crippen LogP contribution < -0.4 is 16.0 Å². The Kier molecular flexibility index (Phi) is 4.98. The lowest BCUT2D eigenvalue weighted by Crippen LogP contribution is -2.27. The highest BCUT2D eigenvalue weighted by Gasteiger charge is 2.06. The molecule has 1 amide bonds. The summed E-state index contributed by atoms with van der Waals surface area (Å²) in [7, 11) is 1.56. The molecule has 3 N–H and O–H groups in total. The fraction of sp³-hybridized carbons (Fsp3) is 0.100. The zero-order valence-electron chi connectivity index (χ0n) is 8.46. The lowest BCUT2D eigenvalue weighted by Gasteiger charge is -2.07. The van der Waals surface area contributed by atoms with Gasteiger partial charge in [0.25, 0.3) is 5.91 Å². The summed E-state index contributed by atoms with van der Waals surface area (Å²) in [6.45, 7) is 0. The number of hydrazine groups is 1. The minimum Gasteiger partial charge on any atom is -0.495 e. The van der Waals surface area contributed by atoms with Gasteiger partial charge in [-0.3, -0.25) is 10.2 Å². The molecule has 0 spiro atoms. The molecular weight excluding hydrogens is 340 g/mol. The number of carbonyl (C=O) groups is 1. The van der Waals surface area contributed by atoms with Crippen molar-refractivity contribution in [3.8, 4) is 5.75 Å². The first kappa shape index (κ1) is 13.2. The maximum Gasteiger partial charge on any atom is 0.257 e. The van der Waals surface area contributed by atoms with Crippen molar-refractivity contribution in [3.63, 3.8) is 0 Å². The minimum absolute atomic E-state index is 0.377. The van der Waals surface area contributed by atoms with Gasteiger partial charge in [0.05, 0.1) is 11.6 Å². The molecule has 0 heterocycles. The number of nitrogens with one attached hydrogen (secondary N) is 1. The summed E-state index contributed by atoms with van der Waals surface area (Å²) in [4.78, 5) is 11.0. The molecule has 1 rings (SSSR count). The number of nitrogens with two attached hydrogens (primary N) is 1. The number of methoxy groups -OCH3 is 1. The van der Waals surface area contributed by atoms with E-state index >= 15 is 0 Å². The summed E-state index contributed by atoms with van der Waals surface area (Å²) in [6, 6.07) is 3.70. The molecule has 1 aromatic rings. The Morgan fingerprint density at radius 1 is 1.50 bits per heavy atom. The minimum atomic E-state index is -0.377. The van der Waals surface area contributed by atoms with Gasteiger partial charge in [-0.25, -0.2) is 5.84 Å². The van der Waals surface area contributed by atoms with Gasteiger partial charge in [-0.2, -0.15) is 0 Å². The average molecular weight is 350 g/mol. The fourth-order valence-electron chi connectivity index (χ4n) is 1.13. The molecule has 0 atom stereocenters. The van der Waals surface area contributed by atoms with Crippen LogP contribution in [-0.4, -0.2) is 13.0 Å². The molecular formula is C10H10Br2N2O2. The van der Waals surface area contributed by atoms with Crippen molar-refractivity contribution < 1.29 is 9.53 Å². The third kappa shape index (κ3) is 3.33. The van der Waals surface area contributed by atoms with E-state index in [1.165, 1.54) is 6.08 Å². The summed E-state index contributed by atoms with van der Waals surface area (Å²) in [5.74, 6) is 5.25. The van der Waals surface area contributed by atoms with Gasteiger partial charge in [-0.05, 0) is 34.1 Å². The Labute approximate surface area is 110 Å². The highest BCUT2D eigenvalue weighted by atomic mass is 79.9. The zero-order valence-corrected chi connectivity index (χ0v) is 11.6. The quantitative estimate of drug-likeness (QED) is 0.380. The summed E-state index contributed by atoms with van der Waals surface area (Å²) in [5, 5.41) is 0. The van der Waals surface area contributed by atoms with Gasteiger partial charge in [0.15, 0.2) is 0 Å². The van der Waals surface area contributed by atoms with E-state index in [4.69, 9.17) is 10.6 Å². The summed E-state index contributed by atoms with van der Waals surface area (Å²) < 4.78 is 6.90. The number of benzene rings is 1. The number of amides is 1. The SMILES string of the molecule is COc1c(Br)cc(Br)cc1/C=C/C(=O)NN. The van der Waals surface area contributed by atoms with Crippen molar-refractivity contribution in [2.24, 2.45) is 5.84 Å². The molecule has 0 fully saturated rings. The van der Waals surface area contributed by atoms with E-state index in [1.54, 1.807) is 13.2 Å². The van der Waals surface area contributed by atoms with Crippen molar-refractivity contribution in [2.45, 2.75) is 0 Å². The molecule has 0 aliphatic heterocycles. The highest BCUT2D eigenvalue weighted by Crippen LogP contribution is 2.33. The first-order chi connectivity index (χ1) is 7.58. The van der Waals surface area contributed by atoms with Gasteiger partial charge in [0.1, 0.15) is 5.75 Å². The normalized spacial score (nSPS) is 10.5. The molecule has 1 aromatic carbocycles. The molecule has 0 unspecified atom stereocenters. The third-order valence-corrected chi connectivity index (χ3v) is 2.84. The van der Waals surface area contributed by atoms with Crippen LogP contribution in [0.3, 0.4) is 0 Å². The fourth-order valence-corrected chi connectivity index (χ4v) is 2.55. The second-order valence-corrected chi connectivity index (χ2v) is 4.62. The largest absolute Gasteiger partial charge is 0.495 e. The first-order valence-electron chi connectivity index (χ1n) is 4.30. The van der Waals surface area contributed by atoms with Crippen LogP contribution in [0.15, 0.2) is 27.2 Å². The average Bonchev–Trinajstić information content (AvgIpc) is 2.25. The van der Waals surface area contributed by atoms with Gasteiger partial charge in [-0.15, -0.1) is 0 Å². The van der Waals surface area contributed by atoms with Crippen molar-refractivity contribution in [3.05, 3.63) is 32.7 Å². The van der Waals surface area contributed by atoms with Crippen LogP contribution in [0.5, 0.6) is 5.75 Å². The van der Waals surface area contributed by atoms with E-state index in [0.29, 0.717) is 5.75 Å². The van der Waals surface area contributed by atoms with E-state index < -0.39 is 0 Å².